The van der Waals surface area contributed by atoms with Crippen LogP contribution in [-0.4, -0.2) is 32.9 Å². The number of anilines is 1. The van der Waals surface area contributed by atoms with E-state index in [9.17, 15) is 0 Å². The predicted molar refractivity (Wildman–Crippen MR) is 129 cm³/mol. The molecule has 0 fully saturated rings. The number of rotatable bonds is 9. The lowest BCUT2D eigenvalue weighted by Crippen LogP contribution is -2.18. The molecule has 0 bridgehead atoms. The zero-order valence-corrected chi connectivity index (χ0v) is 19.6. The molecule has 0 aliphatic carbocycles. The maximum absolute atomic E-state index is 15.8. The van der Waals surface area contributed by atoms with E-state index in [4.69, 9.17) is 14.7 Å². The number of hydrogen-bond donors (Lipinski definition) is 1. The average Bonchev–Trinajstić information content (AvgIpc) is 3.35. The van der Waals surface area contributed by atoms with E-state index >= 15 is 4.39 Å². The van der Waals surface area contributed by atoms with E-state index in [0.29, 0.717) is 23.6 Å². The van der Waals surface area contributed by atoms with Gasteiger partial charge in [-0.3, -0.25) is 0 Å². The number of hydrogen-bond acceptors (Lipinski definition) is 7. The van der Waals surface area contributed by atoms with Gasteiger partial charge in [0.1, 0.15) is 11.8 Å². The Labute approximate surface area is 202 Å². The van der Waals surface area contributed by atoms with Crippen molar-refractivity contribution in [1.82, 2.24) is 20.2 Å². The number of halogens is 1. The van der Waals surface area contributed by atoms with E-state index in [2.05, 4.69) is 26.8 Å². The number of para-hydroxylation sites is 1. The van der Waals surface area contributed by atoms with E-state index in [1.54, 1.807) is 30.3 Å². The molecule has 0 aliphatic rings. The summed E-state index contributed by atoms with van der Waals surface area (Å²) in [6.07, 6.45) is -0.240. The lowest BCUT2D eigenvalue weighted by molar-refractivity contribution is 0.228. The third-order valence-corrected chi connectivity index (χ3v) is 5.02. The zero-order valence-electron chi connectivity index (χ0n) is 19.6. The highest BCUT2D eigenvalue weighted by Crippen LogP contribution is 2.35. The molecule has 0 amide bonds. The fourth-order valence-corrected chi connectivity index (χ4v) is 3.49. The van der Waals surface area contributed by atoms with Gasteiger partial charge in [0.15, 0.2) is 11.6 Å². The summed E-state index contributed by atoms with van der Waals surface area (Å²) in [6.45, 7) is 5.91. The van der Waals surface area contributed by atoms with Crippen LogP contribution < -0.4 is 14.8 Å². The first-order valence-corrected chi connectivity index (χ1v) is 11.2. The van der Waals surface area contributed by atoms with Crippen molar-refractivity contribution < 1.29 is 13.9 Å². The van der Waals surface area contributed by atoms with Gasteiger partial charge in [0.25, 0.3) is 0 Å². The second kappa shape index (κ2) is 10.7. The highest BCUT2D eigenvalue weighted by molar-refractivity contribution is 5.52. The van der Waals surface area contributed by atoms with Crippen molar-refractivity contribution in [3.8, 4) is 23.3 Å². The molecule has 9 heteroatoms. The van der Waals surface area contributed by atoms with Gasteiger partial charge in [0.05, 0.1) is 30.0 Å². The molecule has 1 unspecified atom stereocenters. The van der Waals surface area contributed by atoms with Crippen LogP contribution in [0.1, 0.15) is 43.8 Å². The summed E-state index contributed by atoms with van der Waals surface area (Å²) in [5.41, 5.74) is 2.12. The van der Waals surface area contributed by atoms with Crippen LogP contribution in [0.3, 0.4) is 0 Å². The number of tetrazole rings is 1. The van der Waals surface area contributed by atoms with E-state index in [1.807, 2.05) is 51.1 Å². The number of aromatic nitrogens is 4. The summed E-state index contributed by atoms with van der Waals surface area (Å²) in [5.74, 6) is 0.232. The van der Waals surface area contributed by atoms with Crippen LogP contribution in [-0.2, 0) is 0 Å². The molecule has 1 N–H and O–H groups in total. The van der Waals surface area contributed by atoms with Gasteiger partial charge in [-0.15, -0.1) is 15.0 Å². The van der Waals surface area contributed by atoms with Crippen molar-refractivity contribution in [3.63, 3.8) is 0 Å². The zero-order chi connectivity index (χ0) is 24.8. The van der Waals surface area contributed by atoms with Crippen LogP contribution in [0.4, 0.5) is 10.1 Å². The Morgan fingerprint density at radius 2 is 1.83 bits per heavy atom. The van der Waals surface area contributed by atoms with E-state index in [1.165, 1.54) is 10.9 Å². The summed E-state index contributed by atoms with van der Waals surface area (Å²) in [4.78, 5) is 1.39. The fraction of sp³-hybridized carbons (Fsp3) is 0.231. The first-order chi connectivity index (χ1) is 17.0. The molecule has 8 nitrogen and oxygen atoms in total. The van der Waals surface area contributed by atoms with Crippen molar-refractivity contribution in [1.29, 1.82) is 5.26 Å². The van der Waals surface area contributed by atoms with Gasteiger partial charge in [-0.05, 0) is 68.4 Å². The Balaban J connectivity index is 1.82. The molecule has 1 atom stereocenters. The normalized spacial score (nSPS) is 11.7. The third-order valence-electron chi connectivity index (χ3n) is 5.02. The minimum absolute atomic E-state index is 0.0722. The van der Waals surface area contributed by atoms with Crippen molar-refractivity contribution >= 4 is 5.69 Å². The first-order valence-electron chi connectivity index (χ1n) is 11.2. The lowest BCUT2D eigenvalue weighted by atomic mass is 10.0. The minimum Gasteiger partial charge on any atom is -0.494 e. The highest BCUT2D eigenvalue weighted by Gasteiger charge is 2.27. The molecule has 3 aromatic carbocycles. The summed E-state index contributed by atoms with van der Waals surface area (Å²) < 4.78 is 27.2. The predicted octanol–water partition coefficient (Wildman–Crippen LogP) is 5.06. The maximum Gasteiger partial charge on any atom is 0.202 e. The largest absolute Gasteiger partial charge is 0.494 e. The van der Waals surface area contributed by atoms with Crippen LogP contribution >= 0.6 is 0 Å². The summed E-state index contributed by atoms with van der Waals surface area (Å²) in [5, 5.41) is 25.3. The quantitative estimate of drug-likeness (QED) is 0.364. The van der Waals surface area contributed by atoms with Gasteiger partial charge in [-0.1, -0.05) is 18.2 Å². The second-order valence-corrected chi connectivity index (χ2v) is 7.96. The van der Waals surface area contributed by atoms with Gasteiger partial charge in [0, 0.05) is 17.3 Å². The molecule has 1 aromatic heterocycles. The maximum atomic E-state index is 15.8. The fourth-order valence-electron chi connectivity index (χ4n) is 3.49. The molecule has 0 aliphatic heterocycles. The summed E-state index contributed by atoms with van der Waals surface area (Å²) >= 11 is 0. The summed E-state index contributed by atoms with van der Waals surface area (Å²) in [7, 11) is 0. The van der Waals surface area contributed by atoms with Crippen molar-refractivity contribution in [2.75, 3.05) is 11.9 Å². The molecule has 1 heterocycles. The van der Waals surface area contributed by atoms with Gasteiger partial charge in [0.2, 0.25) is 5.82 Å². The summed E-state index contributed by atoms with van der Waals surface area (Å²) in [6, 6.07) is 20.6. The minimum atomic E-state index is -0.824. The highest BCUT2D eigenvalue weighted by atomic mass is 19.1. The third kappa shape index (κ3) is 5.55. The Bertz CT molecular complexity index is 1320. The number of nitrogens with one attached hydrogen (secondary N) is 1. The Hall–Kier alpha value is -4.45. The molecule has 0 saturated carbocycles. The molecule has 4 rings (SSSR count). The van der Waals surface area contributed by atoms with Crippen LogP contribution in [0.15, 0.2) is 66.7 Å². The molecule has 178 valence electrons. The van der Waals surface area contributed by atoms with Crippen molar-refractivity contribution in [2.45, 2.75) is 32.9 Å². The number of nitriles is 1. The van der Waals surface area contributed by atoms with Crippen LogP contribution in [0.5, 0.6) is 11.5 Å². The second-order valence-electron chi connectivity index (χ2n) is 7.96. The molecule has 35 heavy (non-hydrogen) atoms. The molecular weight excluding hydrogens is 447 g/mol. The van der Waals surface area contributed by atoms with Gasteiger partial charge in [-0.25, -0.2) is 4.39 Å². The van der Waals surface area contributed by atoms with Crippen LogP contribution in [0, 0.1) is 17.1 Å². The van der Waals surface area contributed by atoms with E-state index < -0.39 is 11.9 Å². The van der Waals surface area contributed by atoms with Gasteiger partial charge in [-0.2, -0.15) is 5.26 Å². The lowest BCUT2D eigenvalue weighted by Gasteiger charge is -2.21. The van der Waals surface area contributed by atoms with Gasteiger partial charge >= 0.3 is 0 Å². The number of benzene rings is 3. The number of ether oxygens (including phenoxy) is 2. The Kier molecular flexibility index (Phi) is 7.21. The molecule has 0 spiro atoms. The van der Waals surface area contributed by atoms with Gasteiger partial charge < -0.3 is 14.8 Å². The van der Waals surface area contributed by atoms with Crippen LogP contribution in [0.2, 0.25) is 0 Å². The smallest absolute Gasteiger partial charge is 0.202 e. The average molecular weight is 473 g/mol. The molecule has 4 aromatic rings. The monoisotopic (exact) mass is 472 g/mol. The van der Waals surface area contributed by atoms with Crippen molar-refractivity contribution in [3.05, 3.63) is 89.5 Å². The SMILES string of the molecule is CCOc1cc(OC(C)C)c(F)c(C(Nc2ccc(C#N)cc2)c2nnn(-c3ccccc3)n2)c1. The Morgan fingerprint density at radius 1 is 1.09 bits per heavy atom. The molecular formula is C26H25FN6O2. The van der Waals surface area contributed by atoms with E-state index in [0.717, 1.165) is 5.69 Å². The number of nitrogens with zero attached hydrogens (tertiary/aromatic N) is 5. The van der Waals surface area contributed by atoms with E-state index in [-0.39, 0.29) is 23.2 Å². The molecule has 0 saturated heterocycles. The first kappa shape index (κ1) is 23.7. The standard InChI is InChI=1S/C26H25FN6O2/c1-4-34-21-14-22(24(27)23(15-21)35-17(2)3)25(29-19-12-10-18(16-28)11-13-19)26-30-32-33(31-26)20-8-6-5-7-9-20/h5-15,17,25,29H,4H2,1-3H3. The van der Waals surface area contributed by atoms with Crippen molar-refractivity contribution in [2.24, 2.45) is 0 Å². The van der Waals surface area contributed by atoms with Crippen LogP contribution in [0.25, 0.3) is 5.69 Å². The molecule has 0 radical (unpaired) electrons. The topological polar surface area (TPSA) is 97.9 Å². The Morgan fingerprint density at radius 3 is 2.49 bits per heavy atom.